The van der Waals surface area contributed by atoms with Gasteiger partial charge in [0.1, 0.15) is 0 Å². The van der Waals surface area contributed by atoms with Crippen molar-refractivity contribution in [2.75, 3.05) is 12.4 Å². The van der Waals surface area contributed by atoms with Gasteiger partial charge in [-0.1, -0.05) is 23.9 Å². The Kier molecular flexibility index (Phi) is 5.47. The average molecular weight is 270 g/mol. The highest BCUT2D eigenvalue weighted by molar-refractivity contribution is 8.13. The van der Waals surface area contributed by atoms with Gasteiger partial charge in [-0.15, -0.1) is 0 Å². The molecule has 0 atom stereocenters. The third-order valence-corrected chi connectivity index (χ3v) is 2.63. The second-order valence-electron chi connectivity index (χ2n) is 4.75. The maximum Gasteiger partial charge on any atom is 0.165 e. The molecule has 0 bridgehead atoms. The highest BCUT2D eigenvalue weighted by Crippen LogP contribution is 2.16. The summed E-state index contributed by atoms with van der Waals surface area (Å²) in [5.41, 5.74) is 5.58. The first-order chi connectivity index (χ1) is 8.38. The minimum absolute atomic E-state index is 0.177. The first-order valence-electron chi connectivity index (χ1n) is 5.74. The summed E-state index contributed by atoms with van der Waals surface area (Å²) in [4.78, 5) is 4.30. The molecule has 0 fully saturated rings. The number of nitrogens with two attached hydrogens (primary N) is 1. The van der Waals surface area contributed by atoms with Crippen LogP contribution in [0.4, 0.5) is 4.39 Å². The molecule has 2 N–H and O–H groups in total. The van der Waals surface area contributed by atoms with Crippen LogP contribution in [0, 0.1) is 5.82 Å². The normalized spacial score (nSPS) is 12.6. The smallest absolute Gasteiger partial charge is 0.165 e. The fourth-order valence-corrected chi connectivity index (χ4v) is 1.94. The number of ether oxygens (including phenoxy) is 1. The Hall–Kier alpha value is -1.23. The van der Waals surface area contributed by atoms with E-state index in [4.69, 9.17) is 10.5 Å². The average Bonchev–Trinajstić information content (AvgIpc) is 2.24. The number of benzene rings is 1. The lowest BCUT2D eigenvalue weighted by Gasteiger charge is -2.13. The Balaban J connectivity index is 2.32. The molecule has 0 aromatic heterocycles. The van der Waals surface area contributed by atoms with Crippen molar-refractivity contribution in [1.29, 1.82) is 0 Å². The Morgan fingerprint density at radius 3 is 2.67 bits per heavy atom. The van der Waals surface area contributed by atoms with Gasteiger partial charge in [0, 0.05) is 5.75 Å². The maximum atomic E-state index is 13.2. The summed E-state index contributed by atoms with van der Waals surface area (Å²) in [6.07, 6.45) is 0. The summed E-state index contributed by atoms with van der Waals surface area (Å²) >= 11 is 1.41. The van der Waals surface area contributed by atoms with Gasteiger partial charge in [-0.3, -0.25) is 4.99 Å². The lowest BCUT2D eigenvalue weighted by molar-refractivity contribution is 0.325. The van der Waals surface area contributed by atoms with Gasteiger partial charge < -0.3 is 10.5 Å². The predicted octanol–water partition coefficient (Wildman–Crippen LogP) is 3.05. The maximum absolute atomic E-state index is 13.2. The fraction of sp³-hybridized carbons (Fsp3) is 0.462. The van der Waals surface area contributed by atoms with E-state index < -0.39 is 0 Å². The van der Waals surface area contributed by atoms with E-state index in [2.05, 4.69) is 4.99 Å². The molecule has 100 valence electrons. The van der Waals surface area contributed by atoms with E-state index in [1.165, 1.54) is 17.8 Å². The summed E-state index contributed by atoms with van der Waals surface area (Å²) in [7, 11) is 0. The molecule has 0 spiro atoms. The number of hydrogen-bond donors (Lipinski definition) is 1. The van der Waals surface area contributed by atoms with E-state index in [1.807, 2.05) is 20.8 Å². The zero-order chi connectivity index (χ0) is 13.6. The summed E-state index contributed by atoms with van der Waals surface area (Å²) in [6.45, 7) is 6.34. The van der Waals surface area contributed by atoms with Gasteiger partial charge in [0.2, 0.25) is 0 Å². The number of thioether (sulfide) groups is 1. The minimum atomic E-state index is -0.348. The van der Waals surface area contributed by atoms with Crippen LogP contribution in [0.15, 0.2) is 29.3 Å². The summed E-state index contributed by atoms with van der Waals surface area (Å²) in [5, 5.41) is 0.527. The number of para-hydroxylation sites is 1. The Labute approximate surface area is 112 Å². The molecule has 0 unspecified atom stereocenters. The Morgan fingerprint density at radius 2 is 2.06 bits per heavy atom. The Morgan fingerprint density at radius 1 is 1.39 bits per heavy atom. The first-order valence-corrected chi connectivity index (χ1v) is 6.72. The van der Waals surface area contributed by atoms with E-state index in [0.717, 1.165) is 0 Å². The number of rotatable bonds is 4. The molecular weight excluding hydrogens is 251 g/mol. The van der Waals surface area contributed by atoms with Crippen LogP contribution < -0.4 is 10.5 Å². The fourth-order valence-electron chi connectivity index (χ4n) is 1.22. The number of hydrogen-bond acceptors (Lipinski definition) is 3. The molecule has 1 aromatic rings. The van der Waals surface area contributed by atoms with Crippen LogP contribution in [0.25, 0.3) is 0 Å². The van der Waals surface area contributed by atoms with Crippen LogP contribution in [0.5, 0.6) is 5.75 Å². The summed E-state index contributed by atoms with van der Waals surface area (Å²) in [6, 6.07) is 6.34. The van der Waals surface area contributed by atoms with Gasteiger partial charge in [0.15, 0.2) is 16.7 Å². The second-order valence-corrected chi connectivity index (χ2v) is 5.86. The van der Waals surface area contributed by atoms with Crippen LogP contribution >= 0.6 is 11.8 Å². The van der Waals surface area contributed by atoms with E-state index in [9.17, 15) is 4.39 Å². The highest BCUT2D eigenvalue weighted by atomic mass is 32.2. The van der Waals surface area contributed by atoms with Crippen LogP contribution in [0.1, 0.15) is 20.8 Å². The standard InChI is InChI=1S/C13H19FN2OS/c1-13(2,3)16-12(15)18-9-8-17-11-7-5-4-6-10(11)14/h4-7H,8-9H2,1-3H3,(H2,15,16). The SMILES string of the molecule is CC(C)(C)N=C(N)SCCOc1ccccc1F. The van der Waals surface area contributed by atoms with Gasteiger partial charge in [0.25, 0.3) is 0 Å². The molecule has 0 aliphatic heterocycles. The number of nitrogens with zero attached hydrogens (tertiary/aromatic N) is 1. The molecule has 0 saturated carbocycles. The van der Waals surface area contributed by atoms with Crippen LogP contribution in [-0.4, -0.2) is 23.1 Å². The van der Waals surface area contributed by atoms with E-state index >= 15 is 0 Å². The lowest BCUT2D eigenvalue weighted by atomic mass is 10.1. The molecular formula is C13H19FN2OS. The third-order valence-electron chi connectivity index (χ3n) is 1.87. The number of halogens is 1. The quantitative estimate of drug-likeness (QED) is 0.519. The molecule has 0 heterocycles. The van der Waals surface area contributed by atoms with Crippen molar-refractivity contribution in [2.45, 2.75) is 26.3 Å². The summed E-state index contributed by atoms with van der Waals surface area (Å²) < 4.78 is 18.5. The van der Waals surface area contributed by atoms with Crippen molar-refractivity contribution in [3.8, 4) is 5.75 Å². The van der Waals surface area contributed by atoms with Crippen molar-refractivity contribution in [1.82, 2.24) is 0 Å². The van der Waals surface area contributed by atoms with Gasteiger partial charge in [-0.2, -0.15) is 0 Å². The molecule has 18 heavy (non-hydrogen) atoms. The molecule has 0 radical (unpaired) electrons. The molecule has 0 amide bonds. The van der Waals surface area contributed by atoms with Crippen molar-refractivity contribution in [3.63, 3.8) is 0 Å². The van der Waals surface area contributed by atoms with Crippen molar-refractivity contribution >= 4 is 16.9 Å². The molecule has 3 nitrogen and oxygen atoms in total. The van der Waals surface area contributed by atoms with Crippen LogP contribution in [0.2, 0.25) is 0 Å². The van der Waals surface area contributed by atoms with Gasteiger partial charge in [-0.25, -0.2) is 4.39 Å². The predicted molar refractivity (Wildman–Crippen MR) is 75.7 cm³/mol. The third kappa shape index (κ3) is 5.91. The molecule has 5 heteroatoms. The number of aliphatic imine (C=N–C) groups is 1. The summed E-state index contributed by atoms with van der Waals surface area (Å²) in [5.74, 6) is 0.558. The van der Waals surface area contributed by atoms with E-state index in [-0.39, 0.29) is 17.1 Å². The number of amidine groups is 1. The monoisotopic (exact) mass is 270 g/mol. The van der Waals surface area contributed by atoms with E-state index in [0.29, 0.717) is 17.5 Å². The second kappa shape index (κ2) is 6.64. The lowest BCUT2D eigenvalue weighted by Crippen LogP contribution is -2.18. The van der Waals surface area contributed by atoms with Crippen LogP contribution in [-0.2, 0) is 0 Å². The topological polar surface area (TPSA) is 47.6 Å². The van der Waals surface area contributed by atoms with Crippen LogP contribution in [0.3, 0.4) is 0 Å². The van der Waals surface area contributed by atoms with Crippen molar-refractivity contribution in [3.05, 3.63) is 30.1 Å². The molecule has 0 aliphatic rings. The molecule has 1 rings (SSSR count). The van der Waals surface area contributed by atoms with E-state index in [1.54, 1.807) is 18.2 Å². The van der Waals surface area contributed by atoms with Crippen molar-refractivity contribution in [2.24, 2.45) is 10.7 Å². The zero-order valence-corrected chi connectivity index (χ0v) is 11.8. The minimum Gasteiger partial charge on any atom is -0.490 e. The Bertz CT molecular complexity index is 416. The first kappa shape index (κ1) is 14.8. The molecule has 1 aromatic carbocycles. The largest absolute Gasteiger partial charge is 0.490 e. The van der Waals surface area contributed by atoms with Gasteiger partial charge in [-0.05, 0) is 32.9 Å². The zero-order valence-electron chi connectivity index (χ0n) is 10.9. The van der Waals surface area contributed by atoms with Gasteiger partial charge in [0.05, 0.1) is 12.1 Å². The molecule has 0 saturated heterocycles. The van der Waals surface area contributed by atoms with Crippen molar-refractivity contribution < 1.29 is 9.13 Å². The molecule has 0 aliphatic carbocycles. The highest BCUT2D eigenvalue weighted by Gasteiger charge is 2.08. The van der Waals surface area contributed by atoms with Gasteiger partial charge >= 0.3 is 0 Å².